The third-order valence-corrected chi connectivity index (χ3v) is 6.18. The number of allylic oxidation sites excluding steroid dienone is 2. The predicted octanol–water partition coefficient (Wildman–Crippen LogP) is 4.40. The first-order valence-corrected chi connectivity index (χ1v) is 11.9. The maximum absolute atomic E-state index is 13.2. The second-order valence-corrected chi connectivity index (χ2v) is 8.72. The van der Waals surface area contributed by atoms with Gasteiger partial charge < -0.3 is 10.1 Å². The lowest BCUT2D eigenvalue weighted by Crippen LogP contribution is -2.24. The summed E-state index contributed by atoms with van der Waals surface area (Å²) in [4.78, 5) is 25.0. The van der Waals surface area contributed by atoms with Gasteiger partial charge in [0.2, 0.25) is 0 Å². The normalized spacial score (nSPS) is 16.5. The summed E-state index contributed by atoms with van der Waals surface area (Å²) in [6.07, 6.45) is 10.6. The van der Waals surface area contributed by atoms with E-state index in [0.29, 0.717) is 25.1 Å². The molecule has 1 amide bonds. The minimum absolute atomic E-state index is 0.201. The molecule has 4 rings (SSSR count). The number of esters is 1. The number of aromatic nitrogens is 4. The van der Waals surface area contributed by atoms with Crippen molar-refractivity contribution in [2.24, 2.45) is 0 Å². The molecule has 1 fully saturated rings. The Morgan fingerprint density at radius 2 is 2.00 bits per heavy atom. The van der Waals surface area contributed by atoms with Crippen LogP contribution in [-0.4, -0.2) is 38.0 Å². The fourth-order valence-electron chi connectivity index (χ4n) is 3.98. The zero-order valence-electron chi connectivity index (χ0n) is 20.6. The average Bonchev–Trinajstić information content (AvgIpc) is 3.59. The number of nitrogens with zero attached hydrogens (tertiary/aromatic N) is 4. The van der Waals surface area contributed by atoms with Crippen molar-refractivity contribution in [3.05, 3.63) is 76.9 Å². The van der Waals surface area contributed by atoms with E-state index in [2.05, 4.69) is 35.4 Å². The number of hydrogen-bond acceptors (Lipinski definition) is 5. The minimum atomic E-state index is -0.394. The molecule has 1 saturated heterocycles. The van der Waals surface area contributed by atoms with E-state index in [0.717, 1.165) is 28.9 Å². The summed E-state index contributed by atoms with van der Waals surface area (Å²) >= 11 is 0. The van der Waals surface area contributed by atoms with Crippen LogP contribution >= 0.6 is 0 Å². The Labute approximate surface area is 205 Å². The van der Waals surface area contributed by atoms with Gasteiger partial charge in [0, 0.05) is 35.9 Å². The van der Waals surface area contributed by atoms with Crippen LogP contribution in [0.25, 0.3) is 17.3 Å². The van der Waals surface area contributed by atoms with E-state index in [1.807, 2.05) is 48.9 Å². The number of ether oxygens (including phenoxy) is 1. The second-order valence-electron chi connectivity index (χ2n) is 8.72. The van der Waals surface area contributed by atoms with Crippen LogP contribution < -0.4 is 5.32 Å². The smallest absolute Gasteiger partial charge is 0.331 e. The first-order valence-electron chi connectivity index (χ1n) is 11.9. The van der Waals surface area contributed by atoms with Crippen molar-refractivity contribution in [2.75, 3.05) is 6.61 Å². The standard InChI is InChI=1S/C27H31N5O3/c1-5-18(3)13-25-23(16-30-32(25)21-9-7-19(4)8-10-21)22(6-2)26(33)28-14-20-15-29-31(17-20)24-11-12-35-27(24)34/h6-10,13,15-17,24H,5,11-12,14H2,1-4H3,(H,28,33)/b18-13+,22-6+. The van der Waals surface area contributed by atoms with Crippen LogP contribution in [0.4, 0.5) is 0 Å². The summed E-state index contributed by atoms with van der Waals surface area (Å²) in [6.45, 7) is 8.78. The summed E-state index contributed by atoms with van der Waals surface area (Å²) in [5, 5.41) is 11.9. The largest absolute Gasteiger partial charge is 0.464 e. The summed E-state index contributed by atoms with van der Waals surface area (Å²) < 4.78 is 8.50. The molecule has 1 unspecified atom stereocenters. The maximum atomic E-state index is 13.2. The van der Waals surface area contributed by atoms with Crippen LogP contribution in [0.2, 0.25) is 0 Å². The van der Waals surface area contributed by atoms with E-state index in [1.54, 1.807) is 23.3 Å². The van der Waals surface area contributed by atoms with Gasteiger partial charge >= 0.3 is 5.97 Å². The first-order chi connectivity index (χ1) is 16.9. The second kappa shape index (κ2) is 10.5. The highest BCUT2D eigenvalue weighted by atomic mass is 16.5. The molecular weight excluding hydrogens is 442 g/mol. The van der Waals surface area contributed by atoms with Crippen LogP contribution in [0.1, 0.15) is 62.0 Å². The molecule has 3 heterocycles. The molecule has 8 nitrogen and oxygen atoms in total. The third-order valence-electron chi connectivity index (χ3n) is 6.18. The minimum Gasteiger partial charge on any atom is -0.464 e. The molecule has 0 radical (unpaired) electrons. The molecule has 35 heavy (non-hydrogen) atoms. The van der Waals surface area contributed by atoms with Gasteiger partial charge in [-0.15, -0.1) is 0 Å². The number of benzene rings is 1. The van der Waals surface area contributed by atoms with Crippen molar-refractivity contribution in [1.82, 2.24) is 24.9 Å². The van der Waals surface area contributed by atoms with Gasteiger partial charge in [0.15, 0.2) is 6.04 Å². The molecule has 1 atom stereocenters. The monoisotopic (exact) mass is 473 g/mol. The fourth-order valence-corrected chi connectivity index (χ4v) is 3.98. The Kier molecular flexibility index (Phi) is 7.29. The highest BCUT2D eigenvalue weighted by Crippen LogP contribution is 2.26. The summed E-state index contributed by atoms with van der Waals surface area (Å²) in [7, 11) is 0. The number of aryl methyl sites for hydroxylation is 1. The van der Waals surface area contributed by atoms with Crippen LogP contribution in [0.3, 0.4) is 0 Å². The molecule has 0 bridgehead atoms. The van der Waals surface area contributed by atoms with Gasteiger partial charge in [-0.2, -0.15) is 10.2 Å². The van der Waals surface area contributed by atoms with Gasteiger partial charge in [0.1, 0.15) is 0 Å². The van der Waals surface area contributed by atoms with Gasteiger partial charge in [-0.05, 0) is 45.4 Å². The number of amides is 1. The molecule has 182 valence electrons. The van der Waals surface area contributed by atoms with Crippen LogP contribution in [0, 0.1) is 6.92 Å². The molecule has 1 aliphatic rings. The lowest BCUT2D eigenvalue weighted by molar-refractivity contribution is -0.140. The van der Waals surface area contributed by atoms with E-state index < -0.39 is 6.04 Å². The van der Waals surface area contributed by atoms with Crippen LogP contribution in [-0.2, 0) is 20.9 Å². The molecule has 0 aliphatic carbocycles. The maximum Gasteiger partial charge on any atom is 0.331 e. The lowest BCUT2D eigenvalue weighted by Gasteiger charge is -2.11. The predicted molar refractivity (Wildman–Crippen MR) is 135 cm³/mol. The highest BCUT2D eigenvalue weighted by Gasteiger charge is 2.29. The Morgan fingerprint density at radius 3 is 2.66 bits per heavy atom. The van der Waals surface area contributed by atoms with Gasteiger partial charge in [0.05, 0.1) is 30.4 Å². The zero-order valence-corrected chi connectivity index (χ0v) is 20.6. The number of carbonyl (C=O) groups excluding carboxylic acids is 2. The van der Waals surface area contributed by atoms with E-state index in [9.17, 15) is 9.59 Å². The molecule has 1 aromatic carbocycles. The molecule has 3 aromatic rings. The van der Waals surface area contributed by atoms with Gasteiger partial charge in [-0.1, -0.05) is 36.3 Å². The Bertz CT molecular complexity index is 1280. The SMILES string of the molecule is C/C=C(/C(=O)NCc1cnn(C2CCOC2=O)c1)c1cnn(-c2ccc(C)cc2)c1/C=C(\C)CC. The first kappa shape index (κ1) is 24.2. The number of cyclic esters (lactones) is 1. The number of hydrogen-bond donors (Lipinski definition) is 1. The van der Waals surface area contributed by atoms with Crippen LogP contribution in [0.5, 0.6) is 0 Å². The van der Waals surface area contributed by atoms with Crippen LogP contribution in [0.15, 0.2) is 54.5 Å². The number of carbonyl (C=O) groups is 2. The molecular formula is C27H31N5O3. The summed E-state index contributed by atoms with van der Waals surface area (Å²) in [6, 6.07) is 7.75. The fraction of sp³-hybridized carbons (Fsp3) is 0.333. The Balaban J connectivity index is 1.56. The van der Waals surface area contributed by atoms with E-state index >= 15 is 0 Å². The van der Waals surface area contributed by atoms with Crippen molar-refractivity contribution >= 4 is 23.5 Å². The number of nitrogens with one attached hydrogen (secondary N) is 1. The highest BCUT2D eigenvalue weighted by molar-refractivity contribution is 6.20. The summed E-state index contributed by atoms with van der Waals surface area (Å²) in [5.74, 6) is -0.471. The molecule has 1 N–H and O–H groups in total. The van der Waals surface area contributed by atoms with Crippen molar-refractivity contribution in [2.45, 2.75) is 53.1 Å². The summed E-state index contributed by atoms with van der Waals surface area (Å²) in [5.41, 5.74) is 6.28. The Morgan fingerprint density at radius 1 is 1.23 bits per heavy atom. The van der Waals surface area contributed by atoms with Crippen molar-refractivity contribution in [3.63, 3.8) is 0 Å². The van der Waals surface area contributed by atoms with E-state index in [1.165, 1.54) is 11.1 Å². The third kappa shape index (κ3) is 5.26. The number of rotatable bonds is 8. The zero-order chi connectivity index (χ0) is 24.9. The van der Waals surface area contributed by atoms with Crippen molar-refractivity contribution in [3.8, 4) is 5.69 Å². The lowest BCUT2D eigenvalue weighted by atomic mass is 10.0. The molecule has 0 spiro atoms. The average molecular weight is 474 g/mol. The van der Waals surface area contributed by atoms with Crippen molar-refractivity contribution < 1.29 is 14.3 Å². The van der Waals surface area contributed by atoms with Gasteiger partial charge in [-0.3, -0.25) is 9.48 Å². The molecule has 8 heteroatoms. The molecule has 2 aromatic heterocycles. The molecule has 1 aliphatic heterocycles. The van der Waals surface area contributed by atoms with E-state index in [4.69, 9.17) is 4.74 Å². The van der Waals surface area contributed by atoms with Gasteiger partial charge in [0.25, 0.3) is 5.91 Å². The topological polar surface area (TPSA) is 91.0 Å². The Hall–Kier alpha value is -3.94. The van der Waals surface area contributed by atoms with E-state index in [-0.39, 0.29) is 11.9 Å². The molecule has 0 saturated carbocycles. The van der Waals surface area contributed by atoms with Gasteiger partial charge in [-0.25, -0.2) is 9.48 Å². The van der Waals surface area contributed by atoms with Crippen molar-refractivity contribution in [1.29, 1.82) is 0 Å². The quantitative estimate of drug-likeness (QED) is 0.387.